The highest BCUT2D eigenvalue weighted by Gasteiger charge is 2.21. The zero-order valence-corrected chi connectivity index (χ0v) is 27.9. The Kier molecular flexibility index (Phi) is 6.54. The Balaban J connectivity index is 1.38. The molecule has 230 valence electrons. The molecule has 0 saturated carbocycles. The quantitative estimate of drug-likeness (QED) is 0.172. The number of benzene rings is 7. The summed E-state index contributed by atoms with van der Waals surface area (Å²) in [5.41, 5.74) is 10.6. The maximum Gasteiger partial charge on any atom is 0.123 e. The fraction of sp³-hybridized carbons (Fsp3) is 0. The lowest BCUT2D eigenvalue weighted by molar-refractivity contribution is 1.18. The van der Waals surface area contributed by atoms with E-state index in [1.807, 2.05) is 23.2 Å². The summed E-state index contributed by atoms with van der Waals surface area (Å²) < 4.78 is 2.41. The number of para-hydroxylation sites is 2. The molecule has 5 heteroatoms. The van der Waals surface area contributed by atoms with Crippen molar-refractivity contribution in [1.82, 2.24) is 14.5 Å². The van der Waals surface area contributed by atoms with Crippen molar-refractivity contribution in [2.24, 2.45) is 0 Å². The third-order valence-corrected chi connectivity index (χ3v) is 11.1. The highest BCUT2D eigenvalue weighted by atomic mass is 32.1. The first kappa shape index (κ1) is 28.2. The highest BCUT2D eigenvalue weighted by molar-refractivity contribution is 7.13. The van der Waals surface area contributed by atoms with Gasteiger partial charge >= 0.3 is 0 Å². The summed E-state index contributed by atoms with van der Waals surface area (Å²) >= 11 is 3.34. The summed E-state index contributed by atoms with van der Waals surface area (Å²) in [5, 5.41) is 13.5. The van der Waals surface area contributed by atoms with Crippen LogP contribution < -0.4 is 0 Å². The Bertz CT molecular complexity index is 2810. The van der Waals surface area contributed by atoms with Crippen molar-refractivity contribution in [2.75, 3.05) is 0 Å². The van der Waals surface area contributed by atoms with Crippen LogP contribution in [0.5, 0.6) is 0 Å². The van der Waals surface area contributed by atoms with Gasteiger partial charge in [-0.2, -0.15) is 0 Å². The molecule has 10 aromatic rings. The fourth-order valence-electron chi connectivity index (χ4n) is 7.46. The van der Waals surface area contributed by atoms with Crippen LogP contribution in [0.15, 0.2) is 163 Å². The van der Waals surface area contributed by atoms with Crippen molar-refractivity contribution in [3.05, 3.63) is 163 Å². The number of thiazole rings is 2. The van der Waals surface area contributed by atoms with Crippen molar-refractivity contribution in [2.45, 2.75) is 0 Å². The minimum absolute atomic E-state index is 1.03. The van der Waals surface area contributed by atoms with E-state index in [-0.39, 0.29) is 0 Å². The molecule has 0 saturated heterocycles. The average Bonchev–Trinajstić information content (AvgIpc) is 3.95. The normalized spacial score (nSPS) is 11.7. The first-order valence-corrected chi connectivity index (χ1v) is 18.1. The van der Waals surface area contributed by atoms with Gasteiger partial charge in [0.15, 0.2) is 0 Å². The highest BCUT2D eigenvalue weighted by Crippen LogP contribution is 2.47. The van der Waals surface area contributed by atoms with Crippen LogP contribution in [0.25, 0.3) is 92.4 Å². The van der Waals surface area contributed by atoms with E-state index in [4.69, 9.17) is 0 Å². The van der Waals surface area contributed by atoms with Crippen molar-refractivity contribution in [1.29, 1.82) is 0 Å². The zero-order chi connectivity index (χ0) is 32.3. The van der Waals surface area contributed by atoms with E-state index >= 15 is 0 Å². The first-order chi connectivity index (χ1) is 24.3. The lowest BCUT2D eigenvalue weighted by atomic mass is 9.85. The van der Waals surface area contributed by atoms with E-state index in [0.717, 1.165) is 26.8 Å². The molecule has 0 fully saturated rings. The van der Waals surface area contributed by atoms with E-state index in [0.29, 0.717) is 0 Å². The number of aromatic nitrogens is 3. The molecule has 0 N–H and O–H groups in total. The molecule has 0 spiro atoms. The third-order valence-electron chi connectivity index (χ3n) is 9.49. The summed E-state index contributed by atoms with van der Waals surface area (Å²) in [6.45, 7) is 0. The molecule has 0 amide bonds. The molecule has 0 atom stereocenters. The Morgan fingerprint density at radius 1 is 0.388 bits per heavy atom. The van der Waals surface area contributed by atoms with E-state index in [2.05, 4.69) is 154 Å². The van der Waals surface area contributed by atoms with Crippen molar-refractivity contribution < 1.29 is 0 Å². The van der Waals surface area contributed by atoms with Gasteiger partial charge in [0.1, 0.15) is 10.0 Å². The van der Waals surface area contributed by atoms with Gasteiger partial charge in [0, 0.05) is 50.7 Å². The van der Waals surface area contributed by atoms with Crippen LogP contribution in [-0.2, 0) is 0 Å². The molecule has 0 aliphatic heterocycles. The van der Waals surface area contributed by atoms with Crippen LogP contribution in [0, 0.1) is 0 Å². The van der Waals surface area contributed by atoms with Crippen LogP contribution in [0.2, 0.25) is 0 Å². The first-order valence-electron chi connectivity index (χ1n) is 16.3. The lowest BCUT2D eigenvalue weighted by Crippen LogP contribution is -1.95. The molecule has 0 unspecified atom stereocenters. The number of rotatable bonds is 5. The summed E-state index contributed by atoms with van der Waals surface area (Å²) in [4.78, 5) is 9.30. The van der Waals surface area contributed by atoms with Crippen LogP contribution in [0.1, 0.15) is 0 Å². The van der Waals surface area contributed by atoms with Gasteiger partial charge in [-0.25, -0.2) is 9.97 Å². The van der Waals surface area contributed by atoms with E-state index in [1.54, 1.807) is 22.7 Å². The second-order valence-electron chi connectivity index (χ2n) is 12.2. The summed E-state index contributed by atoms with van der Waals surface area (Å²) in [6, 6.07) is 51.0. The molecular weight excluding hydrogens is 635 g/mol. The van der Waals surface area contributed by atoms with Crippen molar-refractivity contribution in [3.8, 4) is 49.1 Å². The lowest BCUT2D eigenvalue weighted by Gasteiger charge is -2.19. The Hall–Kier alpha value is -5.88. The molecule has 3 heterocycles. The molecule has 7 aromatic carbocycles. The molecule has 0 aliphatic rings. The maximum absolute atomic E-state index is 4.65. The molecule has 49 heavy (non-hydrogen) atoms. The van der Waals surface area contributed by atoms with Gasteiger partial charge < -0.3 is 4.57 Å². The van der Waals surface area contributed by atoms with Gasteiger partial charge in [-0.15, -0.1) is 22.7 Å². The summed E-state index contributed by atoms with van der Waals surface area (Å²) in [7, 11) is 0. The number of fused-ring (bicyclic) bond motifs is 5. The third kappa shape index (κ3) is 4.55. The minimum Gasteiger partial charge on any atom is -0.309 e. The second-order valence-corrected chi connectivity index (χ2v) is 14.0. The Morgan fingerprint density at radius 3 is 1.51 bits per heavy atom. The van der Waals surface area contributed by atoms with Crippen LogP contribution >= 0.6 is 22.7 Å². The van der Waals surface area contributed by atoms with Crippen LogP contribution in [-0.4, -0.2) is 14.5 Å². The topological polar surface area (TPSA) is 30.7 Å². The average molecular weight is 662 g/mol. The Labute approximate surface area is 291 Å². The van der Waals surface area contributed by atoms with Gasteiger partial charge in [-0.3, -0.25) is 0 Å². The van der Waals surface area contributed by atoms with E-state index in [9.17, 15) is 0 Å². The largest absolute Gasteiger partial charge is 0.309 e. The van der Waals surface area contributed by atoms with Crippen LogP contribution in [0.4, 0.5) is 0 Å². The number of nitrogens with zero attached hydrogens (tertiary/aromatic N) is 3. The van der Waals surface area contributed by atoms with Crippen molar-refractivity contribution >= 4 is 66.0 Å². The van der Waals surface area contributed by atoms with Gasteiger partial charge in [-0.1, -0.05) is 97.1 Å². The number of hydrogen-bond donors (Lipinski definition) is 0. The Morgan fingerprint density at radius 2 is 0.918 bits per heavy atom. The standard InChI is InChI=1S/C44H27N3S2/c1-2-14-32(15-3-1)47-39-19-7-6-16-33(39)36-26-37-38(27-40(36)47)42(29-11-9-13-31(25-29)44-46-21-23-49-44)35-18-5-4-17-34(35)41(37)28-10-8-12-30(24-28)43-45-20-22-48-43/h1-27H. The smallest absolute Gasteiger partial charge is 0.123 e. The van der Waals surface area contributed by atoms with Gasteiger partial charge in [0.05, 0.1) is 11.0 Å². The number of hydrogen-bond acceptors (Lipinski definition) is 4. The molecule has 3 nitrogen and oxygen atoms in total. The molecule has 3 aromatic heterocycles. The summed E-state index contributed by atoms with van der Waals surface area (Å²) in [5.74, 6) is 0. The zero-order valence-electron chi connectivity index (χ0n) is 26.2. The van der Waals surface area contributed by atoms with E-state index in [1.165, 1.54) is 65.6 Å². The maximum atomic E-state index is 4.65. The predicted octanol–water partition coefficient (Wildman–Crippen LogP) is 12.7. The molecular formula is C44H27N3S2. The SMILES string of the molecule is c1ccc(-n2c3ccccc3c3cc4c(-c5cccc(-c6nccs6)c5)c5ccccc5c(-c5cccc(-c6nccs6)c5)c4cc32)cc1. The van der Waals surface area contributed by atoms with Crippen LogP contribution in [0.3, 0.4) is 0 Å². The van der Waals surface area contributed by atoms with Gasteiger partial charge in [-0.05, 0) is 86.3 Å². The van der Waals surface area contributed by atoms with Crippen molar-refractivity contribution in [3.63, 3.8) is 0 Å². The predicted molar refractivity (Wildman–Crippen MR) is 209 cm³/mol. The molecule has 0 radical (unpaired) electrons. The summed E-state index contributed by atoms with van der Waals surface area (Å²) in [6.07, 6.45) is 3.76. The van der Waals surface area contributed by atoms with E-state index < -0.39 is 0 Å². The fourth-order valence-corrected chi connectivity index (χ4v) is 8.73. The molecule has 0 bridgehead atoms. The van der Waals surface area contributed by atoms with Gasteiger partial charge in [0.2, 0.25) is 0 Å². The minimum atomic E-state index is 1.03. The molecule has 10 rings (SSSR count). The monoisotopic (exact) mass is 661 g/mol. The van der Waals surface area contributed by atoms with Gasteiger partial charge in [0.25, 0.3) is 0 Å². The second kappa shape index (κ2) is 11.4. The molecule has 0 aliphatic carbocycles.